The lowest BCUT2D eigenvalue weighted by atomic mass is 10.0. The summed E-state index contributed by atoms with van der Waals surface area (Å²) in [6, 6.07) is 14.9. The van der Waals surface area contributed by atoms with Crippen LogP contribution in [0.2, 0.25) is 0 Å². The first kappa shape index (κ1) is 11.8. The fourth-order valence-corrected chi connectivity index (χ4v) is 2.38. The highest BCUT2D eigenvalue weighted by Gasteiger charge is 2.04. The summed E-state index contributed by atoms with van der Waals surface area (Å²) in [7, 11) is 0. The van der Waals surface area contributed by atoms with E-state index < -0.39 is 0 Å². The number of rotatable bonds is 4. The van der Waals surface area contributed by atoms with Gasteiger partial charge in [-0.15, -0.1) is 0 Å². The molecule has 3 aromatic rings. The Labute approximate surface area is 112 Å². The molecule has 0 bridgehead atoms. The Morgan fingerprint density at radius 2 is 1.95 bits per heavy atom. The normalized spacial score (nSPS) is 10.8. The summed E-state index contributed by atoms with van der Waals surface area (Å²) in [6.07, 6.45) is 3.85. The molecule has 0 spiro atoms. The minimum absolute atomic E-state index is 0.837. The van der Waals surface area contributed by atoms with Crippen LogP contribution >= 0.6 is 0 Å². The van der Waals surface area contributed by atoms with Crippen molar-refractivity contribution in [3.8, 4) is 0 Å². The number of benzene rings is 2. The van der Waals surface area contributed by atoms with E-state index in [0.29, 0.717) is 0 Å². The molecule has 0 aliphatic carbocycles. The largest absolute Gasteiger partial charge is 0.356 e. The van der Waals surface area contributed by atoms with Gasteiger partial charge in [-0.1, -0.05) is 42.5 Å². The van der Waals surface area contributed by atoms with Crippen molar-refractivity contribution in [1.82, 2.24) is 9.55 Å². The van der Waals surface area contributed by atoms with Gasteiger partial charge in [-0.2, -0.15) is 0 Å². The van der Waals surface area contributed by atoms with E-state index in [2.05, 4.69) is 64.3 Å². The number of nitrogens with zero attached hydrogens (tertiary/aromatic N) is 2. The van der Waals surface area contributed by atoms with E-state index in [1.54, 1.807) is 0 Å². The van der Waals surface area contributed by atoms with Gasteiger partial charge in [0.1, 0.15) is 0 Å². The molecule has 0 aliphatic rings. The highest BCUT2D eigenvalue weighted by Crippen LogP contribution is 2.20. The summed E-state index contributed by atoms with van der Waals surface area (Å²) in [5.74, 6) is 0.926. The highest BCUT2D eigenvalue weighted by atomic mass is 15.2. The second-order valence-corrected chi connectivity index (χ2v) is 4.55. The number of hydrogen-bond donors (Lipinski definition) is 1. The molecule has 96 valence electrons. The van der Waals surface area contributed by atoms with E-state index in [9.17, 15) is 0 Å². The molecule has 3 nitrogen and oxygen atoms in total. The maximum absolute atomic E-state index is 4.33. The zero-order valence-electron chi connectivity index (χ0n) is 11.0. The van der Waals surface area contributed by atoms with Gasteiger partial charge < -0.3 is 9.88 Å². The van der Waals surface area contributed by atoms with Crippen LogP contribution in [0.5, 0.6) is 0 Å². The Morgan fingerprint density at radius 3 is 2.84 bits per heavy atom. The minimum Gasteiger partial charge on any atom is -0.356 e. The van der Waals surface area contributed by atoms with Crippen molar-refractivity contribution < 1.29 is 0 Å². The zero-order valence-corrected chi connectivity index (χ0v) is 11.0. The topological polar surface area (TPSA) is 29.9 Å². The lowest BCUT2D eigenvalue weighted by Crippen LogP contribution is -2.07. The van der Waals surface area contributed by atoms with E-state index in [0.717, 1.165) is 19.0 Å². The number of nitrogens with one attached hydrogen (secondary N) is 1. The second kappa shape index (κ2) is 5.14. The van der Waals surface area contributed by atoms with E-state index in [-0.39, 0.29) is 0 Å². The van der Waals surface area contributed by atoms with E-state index in [4.69, 9.17) is 0 Å². The smallest absolute Gasteiger partial charge is 0.203 e. The van der Waals surface area contributed by atoms with Gasteiger partial charge in [-0.05, 0) is 23.3 Å². The van der Waals surface area contributed by atoms with E-state index >= 15 is 0 Å². The van der Waals surface area contributed by atoms with Crippen LogP contribution in [0.1, 0.15) is 12.5 Å². The third-order valence-corrected chi connectivity index (χ3v) is 3.27. The summed E-state index contributed by atoms with van der Waals surface area (Å²) >= 11 is 0. The third kappa shape index (κ3) is 2.32. The van der Waals surface area contributed by atoms with Crippen LogP contribution in [-0.2, 0) is 6.54 Å². The van der Waals surface area contributed by atoms with Crippen LogP contribution < -0.4 is 5.32 Å². The molecule has 3 rings (SSSR count). The van der Waals surface area contributed by atoms with Crippen molar-refractivity contribution in [3.05, 3.63) is 60.4 Å². The molecule has 0 unspecified atom stereocenters. The van der Waals surface area contributed by atoms with Crippen molar-refractivity contribution in [1.29, 1.82) is 0 Å². The molecule has 0 fully saturated rings. The summed E-state index contributed by atoms with van der Waals surface area (Å²) in [5, 5.41) is 5.87. The molecule has 0 radical (unpaired) electrons. The molecule has 0 aliphatic heterocycles. The summed E-state index contributed by atoms with van der Waals surface area (Å²) in [6.45, 7) is 3.80. The summed E-state index contributed by atoms with van der Waals surface area (Å²) < 4.78 is 2.14. The fraction of sp³-hybridized carbons (Fsp3) is 0.188. The van der Waals surface area contributed by atoms with Crippen molar-refractivity contribution in [2.45, 2.75) is 13.5 Å². The lowest BCUT2D eigenvalue weighted by molar-refractivity contribution is 0.805. The van der Waals surface area contributed by atoms with Crippen molar-refractivity contribution in [2.75, 3.05) is 11.9 Å². The van der Waals surface area contributed by atoms with Gasteiger partial charge in [0, 0.05) is 18.9 Å². The molecular weight excluding hydrogens is 234 g/mol. The van der Waals surface area contributed by atoms with Crippen LogP contribution in [0.25, 0.3) is 10.8 Å². The highest BCUT2D eigenvalue weighted by molar-refractivity contribution is 5.85. The van der Waals surface area contributed by atoms with Crippen molar-refractivity contribution >= 4 is 16.7 Å². The van der Waals surface area contributed by atoms with Crippen LogP contribution in [-0.4, -0.2) is 16.1 Å². The fourth-order valence-electron chi connectivity index (χ4n) is 2.38. The molecule has 2 aromatic carbocycles. The quantitative estimate of drug-likeness (QED) is 0.769. The van der Waals surface area contributed by atoms with Gasteiger partial charge >= 0.3 is 0 Å². The molecule has 0 amide bonds. The number of imidazole rings is 1. The first-order chi connectivity index (χ1) is 9.38. The molecule has 19 heavy (non-hydrogen) atoms. The maximum Gasteiger partial charge on any atom is 0.203 e. The Morgan fingerprint density at radius 1 is 1.11 bits per heavy atom. The van der Waals surface area contributed by atoms with Gasteiger partial charge in [0.25, 0.3) is 0 Å². The first-order valence-electron chi connectivity index (χ1n) is 6.60. The molecule has 3 heteroatoms. The minimum atomic E-state index is 0.837. The van der Waals surface area contributed by atoms with Crippen LogP contribution in [0.15, 0.2) is 54.9 Å². The molecular formula is C16H17N3. The monoisotopic (exact) mass is 251 g/mol. The first-order valence-corrected chi connectivity index (χ1v) is 6.60. The summed E-state index contributed by atoms with van der Waals surface area (Å²) in [4.78, 5) is 4.33. The molecule has 1 N–H and O–H groups in total. The van der Waals surface area contributed by atoms with Crippen LogP contribution in [0, 0.1) is 0 Å². The van der Waals surface area contributed by atoms with Crippen LogP contribution in [0.4, 0.5) is 5.95 Å². The lowest BCUT2D eigenvalue weighted by Gasteiger charge is -2.10. The van der Waals surface area contributed by atoms with E-state index in [1.807, 2.05) is 12.4 Å². The number of fused-ring (bicyclic) bond motifs is 1. The average Bonchev–Trinajstić information content (AvgIpc) is 2.87. The van der Waals surface area contributed by atoms with Crippen LogP contribution in [0.3, 0.4) is 0 Å². The van der Waals surface area contributed by atoms with Gasteiger partial charge in [-0.3, -0.25) is 0 Å². The molecule has 1 aromatic heterocycles. The van der Waals surface area contributed by atoms with Crippen molar-refractivity contribution in [2.24, 2.45) is 0 Å². The Kier molecular flexibility index (Phi) is 3.19. The standard InChI is InChI=1S/C16H17N3/c1-2-17-16-18-10-11-19(16)12-14-8-5-7-13-6-3-4-9-15(13)14/h3-11H,2,12H2,1H3,(H,17,18). The molecule has 0 saturated carbocycles. The number of anilines is 1. The van der Waals surface area contributed by atoms with Gasteiger partial charge in [0.2, 0.25) is 5.95 Å². The van der Waals surface area contributed by atoms with Gasteiger partial charge in [0.15, 0.2) is 0 Å². The van der Waals surface area contributed by atoms with Gasteiger partial charge in [0.05, 0.1) is 6.54 Å². The third-order valence-electron chi connectivity index (χ3n) is 3.27. The average molecular weight is 251 g/mol. The second-order valence-electron chi connectivity index (χ2n) is 4.55. The predicted octanol–water partition coefficient (Wildman–Crippen LogP) is 3.52. The zero-order chi connectivity index (χ0) is 13.1. The molecule has 1 heterocycles. The maximum atomic E-state index is 4.33. The predicted molar refractivity (Wildman–Crippen MR) is 79.4 cm³/mol. The molecule has 0 atom stereocenters. The Bertz CT molecular complexity index is 680. The Balaban J connectivity index is 1.99. The van der Waals surface area contributed by atoms with Gasteiger partial charge in [-0.25, -0.2) is 4.98 Å². The van der Waals surface area contributed by atoms with Crippen molar-refractivity contribution in [3.63, 3.8) is 0 Å². The van der Waals surface area contributed by atoms with E-state index in [1.165, 1.54) is 16.3 Å². The Hall–Kier alpha value is -2.29. The summed E-state index contributed by atoms with van der Waals surface area (Å²) in [5.41, 5.74) is 1.32. The molecule has 0 saturated heterocycles. The number of aromatic nitrogens is 2. The SMILES string of the molecule is CCNc1nccn1Cc1cccc2ccccc12. The number of hydrogen-bond acceptors (Lipinski definition) is 2.